The molecule has 2 heterocycles. The van der Waals surface area contributed by atoms with Gasteiger partial charge in [0, 0.05) is 19.6 Å². The van der Waals surface area contributed by atoms with Gasteiger partial charge in [0.25, 0.3) is 0 Å². The van der Waals surface area contributed by atoms with Crippen LogP contribution in [0.4, 0.5) is 0 Å². The number of hydrogen-bond donors (Lipinski definition) is 2. The molecule has 0 aliphatic carbocycles. The molecule has 1 aromatic carbocycles. The van der Waals surface area contributed by atoms with Crippen LogP contribution < -0.4 is 10.1 Å². The lowest BCUT2D eigenvalue weighted by Gasteiger charge is -2.38. The summed E-state index contributed by atoms with van der Waals surface area (Å²) in [6, 6.07) is 8.29. The van der Waals surface area contributed by atoms with Crippen LogP contribution in [0.5, 0.6) is 5.75 Å². The Bertz CT molecular complexity index is 514. The molecule has 0 saturated carbocycles. The highest BCUT2D eigenvalue weighted by molar-refractivity contribution is 5.30. The minimum Gasteiger partial charge on any atom is -0.488 e. The van der Waals surface area contributed by atoms with E-state index in [0.717, 1.165) is 50.8 Å². The number of ether oxygens (including phenoxy) is 1. The molecule has 0 bridgehead atoms. The Hall–Kier alpha value is -1.10. The number of aliphatic hydroxyl groups excluding tert-OH is 1. The Morgan fingerprint density at radius 3 is 2.75 bits per heavy atom. The van der Waals surface area contributed by atoms with Crippen LogP contribution in [-0.2, 0) is 0 Å². The summed E-state index contributed by atoms with van der Waals surface area (Å²) in [6.45, 7) is 9.53. The zero-order chi connectivity index (χ0) is 16.9. The highest BCUT2D eigenvalue weighted by Crippen LogP contribution is 2.24. The number of aliphatic hydroxyl groups is 1. The average Bonchev–Trinajstić information content (AvgIpc) is 2.58. The van der Waals surface area contributed by atoms with Crippen LogP contribution in [0.3, 0.4) is 0 Å². The number of hydrogen-bond acceptors (Lipinski definition) is 4. The first-order valence-corrected chi connectivity index (χ1v) is 9.49. The summed E-state index contributed by atoms with van der Waals surface area (Å²) >= 11 is 0. The van der Waals surface area contributed by atoms with E-state index >= 15 is 0 Å². The van der Waals surface area contributed by atoms with Crippen molar-refractivity contribution in [2.24, 2.45) is 5.92 Å². The summed E-state index contributed by atoms with van der Waals surface area (Å²) in [4.78, 5) is 2.42. The van der Waals surface area contributed by atoms with E-state index in [1.54, 1.807) is 0 Å². The Morgan fingerprint density at radius 2 is 2.04 bits per heavy atom. The van der Waals surface area contributed by atoms with Gasteiger partial charge in [0.15, 0.2) is 0 Å². The van der Waals surface area contributed by atoms with Crippen LogP contribution in [0.1, 0.15) is 44.6 Å². The van der Waals surface area contributed by atoms with E-state index in [1.807, 2.05) is 12.1 Å². The van der Waals surface area contributed by atoms with Crippen molar-refractivity contribution in [2.75, 3.05) is 32.7 Å². The Balaban J connectivity index is 1.51. The van der Waals surface area contributed by atoms with Gasteiger partial charge < -0.3 is 20.1 Å². The second-order valence-corrected chi connectivity index (χ2v) is 7.69. The molecule has 2 aliphatic heterocycles. The smallest absolute Gasteiger partial charge is 0.127 e. The maximum absolute atomic E-state index is 10.5. The molecule has 0 radical (unpaired) electrons. The predicted molar refractivity (Wildman–Crippen MR) is 97.6 cm³/mol. The fourth-order valence-corrected chi connectivity index (χ4v) is 3.83. The van der Waals surface area contributed by atoms with Crippen LogP contribution in [0, 0.1) is 5.92 Å². The number of nitrogens with zero attached hydrogens (tertiary/aromatic N) is 1. The van der Waals surface area contributed by atoms with E-state index in [4.69, 9.17) is 4.74 Å². The van der Waals surface area contributed by atoms with Crippen LogP contribution >= 0.6 is 0 Å². The first-order valence-electron chi connectivity index (χ1n) is 9.49. The summed E-state index contributed by atoms with van der Waals surface area (Å²) in [5, 5.41) is 13.9. The Labute approximate surface area is 146 Å². The molecule has 2 fully saturated rings. The summed E-state index contributed by atoms with van der Waals surface area (Å²) < 4.78 is 6.11. The van der Waals surface area contributed by atoms with Gasteiger partial charge in [-0.1, -0.05) is 26.0 Å². The number of likely N-dealkylation sites (tertiary alicyclic amines) is 1. The summed E-state index contributed by atoms with van der Waals surface area (Å²) in [5.41, 5.74) is 1.28. The molecule has 0 aromatic heterocycles. The third kappa shape index (κ3) is 4.71. The molecule has 4 nitrogen and oxygen atoms in total. The summed E-state index contributed by atoms with van der Waals surface area (Å²) in [6.07, 6.45) is 2.93. The topological polar surface area (TPSA) is 44.7 Å². The van der Waals surface area contributed by atoms with Gasteiger partial charge in [-0.3, -0.25) is 0 Å². The average molecular weight is 332 g/mol. The maximum atomic E-state index is 10.5. The third-order valence-electron chi connectivity index (χ3n) is 5.39. The van der Waals surface area contributed by atoms with E-state index < -0.39 is 6.10 Å². The molecule has 2 aliphatic rings. The molecule has 24 heavy (non-hydrogen) atoms. The molecule has 4 heteroatoms. The zero-order valence-corrected chi connectivity index (χ0v) is 15.1. The van der Waals surface area contributed by atoms with Gasteiger partial charge >= 0.3 is 0 Å². The minimum atomic E-state index is -0.400. The number of β-amino-alcohol motifs (C(OH)–C–C–N with tert-alkyl or cyclic N) is 1. The van der Waals surface area contributed by atoms with E-state index in [-0.39, 0.29) is 6.10 Å². The maximum Gasteiger partial charge on any atom is 0.127 e. The largest absolute Gasteiger partial charge is 0.488 e. The molecule has 0 spiro atoms. The van der Waals surface area contributed by atoms with Crippen molar-refractivity contribution in [3.8, 4) is 5.75 Å². The van der Waals surface area contributed by atoms with Crippen LogP contribution in [0.15, 0.2) is 24.3 Å². The van der Waals surface area contributed by atoms with E-state index in [0.29, 0.717) is 5.92 Å². The molecule has 1 aromatic rings. The number of benzene rings is 1. The predicted octanol–water partition coefficient (Wildman–Crippen LogP) is 2.62. The first-order chi connectivity index (χ1) is 11.6. The van der Waals surface area contributed by atoms with Crippen molar-refractivity contribution < 1.29 is 9.84 Å². The Morgan fingerprint density at radius 1 is 1.25 bits per heavy atom. The molecule has 2 atom stereocenters. The van der Waals surface area contributed by atoms with Crippen molar-refractivity contribution in [1.29, 1.82) is 0 Å². The van der Waals surface area contributed by atoms with Gasteiger partial charge in [0.2, 0.25) is 0 Å². The summed E-state index contributed by atoms with van der Waals surface area (Å²) in [5.74, 6) is 2.15. The SMILES string of the molecule is CC(C)c1cccc(O[C@@H]2CCN(CC3CCNCC3)C[C@H]2O)c1. The molecule has 2 N–H and O–H groups in total. The van der Waals surface area contributed by atoms with Crippen molar-refractivity contribution in [2.45, 2.75) is 51.2 Å². The second kappa shape index (κ2) is 8.32. The minimum absolute atomic E-state index is 0.0864. The number of rotatable bonds is 5. The molecule has 0 amide bonds. The van der Waals surface area contributed by atoms with Gasteiger partial charge in [-0.25, -0.2) is 0 Å². The standard InChI is InChI=1S/C20H32N2O2/c1-15(2)17-4-3-5-18(12-17)24-20-8-11-22(14-19(20)23)13-16-6-9-21-10-7-16/h3-5,12,15-16,19-21,23H,6-11,13-14H2,1-2H3/t19-,20-/m1/s1. The Kier molecular flexibility index (Phi) is 6.14. The summed E-state index contributed by atoms with van der Waals surface area (Å²) in [7, 11) is 0. The van der Waals surface area contributed by atoms with E-state index in [9.17, 15) is 5.11 Å². The lowest BCUT2D eigenvalue weighted by Crippen LogP contribution is -2.50. The highest BCUT2D eigenvalue weighted by Gasteiger charge is 2.30. The van der Waals surface area contributed by atoms with Gasteiger partial charge in [-0.2, -0.15) is 0 Å². The highest BCUT2D eigenvalue weighted by atomic mass is 16.5. The normalized spacial score (nSPS) is 26.7. The molecule has 0 unspecified atom stereocenters. The van der Waals surface area contributed by atoms with E-state index in [2.05, 4.69) is 36.2 Å². The number of piperidine rings is 2. The van der Waals surface area contributed by atoms with Crippen molar-refractivity contribution in [1.82, 2.24) is 10.2 Å². The van der Waals surface area contributed by atoms with Gasteiger partial charge in [-0.15, -0.1) is 0 Å². The lowest BCUT2D eigenvalue weighted by atomic mass is 9.95. The first kappa shape index (κ1) is 17.7. The molecular formula is C20H32N2O2. The fourth-order valence-electron chi connectivity index (χ4n) is 3.83. The van der Waals surface area contributed by atoms with Crippen molar-refractivity contribution in [3.05, 3.63) is 29.8 Å². The van der Waals surface area contributed by atoms with Gasteiger partial charge in [0.1, 0.15) is 18.0 Å². The second-order valence-electron chi connectivity index (χ2n) is 7.69. The van der Waals surface area contributed by atoms with Crippen LogP contribution in [0.2, 0.25) is 0 Å². The molecular weight excluding hydrogens is 300 g/mol. The van der Waals surface area contributed by atoms with Crippen LogP contribution in [0.25, 0.3) is 0 Å². The monoisotopic (exact) mass is 332 g/mol. The van der Waals surface area contributed by atoms with E-state index in [1.165, 1.54) is 18.4 Å². The third-order valence-corrected chi connectivity index (χ3v) is 5.39. The van der Waals surface area contributed by atoms with Gasteiger partial charge in [0.05, 0.1) is 0 Å². The van der Waals surface area contributed by atoms with Gasteiger partial charge in [-0.05, 0) is 61.9 Å². The number of nitrogens with one attached hydrogen (secondary N) is 1. The van der Waals surface area contributed by atoms with Crippen molar-refractivity contribution >= 4 is 0 Å². The fraction of sp³-hybridized carbons (Fsp3) is 0.700. The zero-order valence-electron chi connectivity index (χ0n) is 15.1. The lowest BCUT2D eigenvalue weighted by molar-refractivity contribution is -0.0298. The molecule has 3 rings (SSSR count). The molecule has 2 saturated heterocycles. The quantitative estimate of drug-likeness (QED) is 0.870. The van der Waals surface area contributed by atoms with Crippen LogP contribution in [-0.4, -0.2) is 54.9 Å². The van der Waals surface area contributed by atoms with Crippen molar-refractivity contribution in [3.63, 3.8) is 0 Å². The molecule has 134 valence electrons.